The van der Waals surface area contributed by atoms with Crippen LogP contribution in [0.5, 0.6) is 0 Å². The molecule has 0 aliphatic heterocycles. The summed E-state index contributed by atoms with van der Waals surface area (Å²) in [5, 5.41) is 18.4. The molecule has 27 heavy (non-hydrogen) atoms. The zero-order chi connectivity index (χ0) is 18.4. The number of hydrogen-bond acceptors (Lipinski definition) is 4. The number of hydrogen-bond donors (Lipinski definition) is 3. The van der Waals surface area contributed by atoms with Crippen LogP contribution in [0.15, 0.2) is 35.3 Å². The fourth-order valence-corrected chi connectivity index (χ4v) is 4.51. The molecule has 1 aromatic heterocycles. The van der Waals surface area contributed by atoms with E-state index in [1.807, 2.05) is 12.1 Å². The molecule has 1 saturated carbocycles. The SMILES string of the molecule is CN=C(NCC(O)c1cc2ccccc2s1)NCC1(CCOC)CCC1.I. The van der Waals surface area contributed by atoms with Crippen molar-refractivity contribution < 1.29 is 9.84 Å². The van der Waals surface area contributed by atoms with Gasteiger partial charge < -0.3 is 20.5 Å². The number of halogens is 1. The van der Waals surface area contributed by atoms with Crippen molar-refractivity contribution >= 4 is 51.4 Å². The number of fused-ring (bicyclic) bond motifs is 1. The molecule has 1 aliphatic rings. The van der Waals surface area contributed by atoms with Gasteiger partial charge in [-0.2, -0.15) is 0 Å². The molecule has 0 bridgehead atoms. The van der Waals surface area contributed by atoms with E-state index in [-0.39, 0.29) is 24.0 Å². The first kappa shape index (κ1) is 22.4. The lowest BCUT2D eigenvalue weighted by Crippen LogP contribution is -2.47. The van der Waals surface area contributed by atoms with Crippen LogP contribution < -0.4 is 10.6 Å². The molecular weight excluding hydrogens is 473 g/mol. The first-order valence-electron chi connectivity index (χ1n) is 9.26. The molecule has 1 atom stereocenters. The summed E-state index contributed by atoms with van der Waals surface area (Å²) >= 11 is 1.64. The summed E-state index contributed by atoms with van der Waals surface area (Å²) in [4.78, 5) is 5.27. The number of aliphatic hydroxyl groups excluding tert-OH is 1. The quantitative estimate of drug-likeness (QED) is 0.290. The molecule has 1 aliphatic carbocycles. The van der Waals surface area contributed by atoms with Crippen molar-refractivity contribution in [1.29, 1.82) is 0 Å². The maximum absolute atomic E-state index is 10.5. The lowest BCUT2D eigenvalue weighted by atomic mass is 9.67. The number of methoxy groups -OCH3 is 1. The molecule has 1 heterocycles. The van der Waals surface area contributed by atoms with E-state index in [4.69, 9.17) is 4.74 Å². The summed E-state index contributed by atoms with van der Waals surface area (Å²) in [6.45, 7) is 2.14. The Hall–Kier alpha value is -0.900. The normalized spacial score (nSPS) is 17.1. The largest absolute Gasteiger partial charge is 0.386 e. The van der Waals surface area contributed by atoms with Gasteiger partial charge in [-0.25, -0.2) is 0 Å². The van der Waals surface area contributed by atoms with E-state index in [1.165, 1.54) is 29.3 Å². The third-order valence-corrected chi connectivity index (χ3v) is 6.56. The number of nitrogens with one attached hydrogen (secondary N) is 2. The van der Waals surface area contributed by atoms with Crippen LogP contribution in [0.25, 0.3) is 10.1 Å². The third kappa shape index (κ3) is 5.79. The molecule has 0 radical (unpaired) electrons. The topological polar surface area (TPSA) is 65.9 Å². The van der Waals surface area contributed by atoms with Crippen LogP contribution in [-0.4, -0.2) is 44.9 Å². The van der Waals surface area contributed by atoms with Gasteiger partial charge in [0.15, 0.2) is 5.96 Å². The summed E-state index contributed by atoms with van der Waals surface area (Å²) in [6.07, 6.45) is 4.31. The molecule has 0 saturated heterocycles. The summed E-state index contributed by atoms with van der Waals surface area (Å²) in [5.74, 6) is 0.744. The Labute approximate surface area is 182 Å². The van der Waals surface area contributed by atoms with E-state index >= 15 is 0 Å². The zero-order valence-corrected chi connectivity index (χ0v) is 19.2. The average molecular weight is 503 g/mol. The van der Waals surface area contributed by atoms with Crippen molar-refractivity contribution in [2.75, 3.05) is 33.9 Å². The van der Waals surface area contributed by atoms with Crippen LogP contribution in [0.3, 0.4) is 0 Å². The standard InChI is InChI=1S/C20H29N3O2S.HI/c1-21-19(23-14-20(8-5-9-20)10-11-25-2)22-13-16(24)18-12-15-6-3-4-7-17(15)26-18;/h3-4,6-7,12,16,24H,5,8-11,13-14H2,1-2H3,(H2,21,22,23);1H. The number of thiophene rings is 1. The lowest BCUT2D eigenvalue weighted by molar-refractivity contribution is 0.0732. The number of rotatable bonds is 8. The summed E-state index contributed by atoms with van der Waals surface area (Å²) in [6, 6.07) is 10.3. The predicted molar refractivity (Wildman–Crippen MR) is 124 cm³/mol. The van der Waals surface area contributed by atoms with Crippen LogP contribution >= 0.6 is 35.3 Å². The minimum Gasteiger partial charge on any atom is -0.386 e. The molecule has 0 amide bonds. The minimum absolute atomic E-state index is 0. The van der Waals surface area contributed by atoms with E-state index in [0.29, 0.717) is 12.0 Å². The highest BCUT2D eigenvalue weighted by Crippen LogP contribution is 2.43. The molecule has 1 unspecified atom stereocenters. The molecule has 7 heteroatoms. The van der Waals surface area contributed by atoms with Crippen LogP contribution in [0, 0.1) is 5.41 Å². The van der Waals surface area contributed by atoms with Crippen molar-refractivity contribution in [1.82, 2.24) is 10.6 Å². The molecule has 3 rings (SSSR count). The number of aliphatic hydroxyl groups is 1. The second kappa shape index (κ2) is 10.6. The van der Waals surface area contributed by atoms with Crippen LogP contribution in [0.1, 0.15) is 36.7 Å². The Kier molecular flexibility index (Phi) is 8.78. The first-order valence-corrected chi connectivity index (χ1v) is 10.1. The van der Waals surface area contributed by atoms with E-state index in [0.717, 1.165) is 30.4 Å². The number of aliphatic imine (C=N–C) groups is 1. The fraction of sp³-hybridized carbons (Fsp3) is 0.550. The minimum atomic E-state index is -0.544. The molecule has 0 spiro atoms. The summed E-state index contributed by atoms with van der Waals surface area (Å²) in [7, 11) is 3.53. The smallest absolute Gasteiger partial charge is 0.191 e. The van der Waals surface area contributed by atoms with E-state index in [2.05, 4.69) is 33.8 Å². The zero-order valence-electron chi connectivity index (χ0n) is 16.0. The van der Waals surface area contributed by atoms with Crippen molar-refractivity contribution in [3.05, 3.63) is 35.2 Å². The average Bonchev–Trinajstić information content (AvgIpc) is 3.07. The lowest BCUT2D eigenvalue weighted by Gasteiger charge is -2.42. The van der Waals surface area contributed by atoms with Crippen molar-refractivity contribution in [2.45, 2.75) is 31.8 Å². The van der Waals surface area contributed by atoms with Gasteiger partial charge >= 0.3 is 0 Å². The van der Waals surface area contributed by atoms with Gasteiger partial charge in [0.1, 0.15) is 6.10 Å². The van der Waals surface area contributed by atoms with E-state index in [9.17, 15) is 5.11 Å². The van der Waals surface area contributed by atoms with E-state index in [1.54, 1.807) is 25.5 Å². The number of guanidine groups is 1. The highest BCUT2D eigenvalue weighted by Gasteiger charge is 2.36. The number of ether oxygens (including phenoxy) is 1. The highest BCUT2D eigenvalue weighted by molar-refractivity contribution is 14.0. The predicted octanol–water partition coefficient (Wildman–Crippen LogP) is 3.92. The Balaban J connectivity index is 0.00000261. The number of benzene rings is 1. The third-order valence-electron chi connectivity index (χ3n) is 5.34. The van der Waals surface area contributed by atoms with Gasteiger partial charge in [-0.05, 0) is 42.2 Å². The Morgan fingerprint density at radius 1 is 1.33 bits per heavy atom. The van der Waals surface area contributed by atoms with Gasteiger partial charge in [0.05, 0.1) is 0 Å². The highest BCUT2D eigenvalue weighted by atomic mass is 127. The molecular formula is C20H30IN3O2S. The van der Waals surface area contributed by atoms with Gasteiger partial charge in [0, 0.05) is 43.4 Å². The van der Waals surface area contributed by atoms with Gasteiger partial charge in [0.25, 0.3) is 0 Å². The molecule has 150 valence electrons. The Morgan fingerprint density at radius 2 is 2.11 bits per heavy atom. The Morgan fingerprint density at radius 3 is 2.74 bits per heavy atom. The van der Waals surface area contributed by atoms with Gasteiger partial charge in [0.2, 0.25) is 0 Å². The first-order chi connectivity index (χ1) is 12.7. The van der Waals surface area contributed by atoms with Gasteiger partial charge in [-0.3, -0.25) is 4.99 Å². The number of nitrogens with zero attached hydrogens (tertiary/aromatic N) is 1. The molecule has 5 nitrogen and oxygen atoms in total. The maximum atomic E-state index is 10.5. The Bertz CT molecular complexity index is 713. The van der Waals surface area contributed by atoms with Gasteiger partial charge in [-0.15, -0.1) is 35.3 Å². The molecule has 1 aromatic carbocycles. The van der Waals surface area contributed by atoms with Crippen LogP contribution in [0.4, 0.5) is 0 Å². The monoisotopic (exact) mass is 503 g/mol. The van der Waals surface area contributed by atoms with Crippen molar-refractivity contribution in [3.8, 4) is 0 Å². The van der Waals surface area contributed by atoms with Crippen LogP contribution in [-0.2, 0) is 4.74 Å². The van der Waals surface area contributed by atoms with E-state index < -0.39 is 6.10 Å². The second-order valence-electron chi connectivity index (χ2n) is 7.11. The van der Waals surface area contributed by atoms with Crippen molar-refractivity contribution in [3.63, 3.8) is 0 Å². The van der Waals surface area contributed by atoms with Crippen LogP contribution in [0.2, 0.25) is 0 Å². The maximum Gasteiger partial charge on any atom is 0.191 e. The second-order valence-corrected chi connectivity index (χ2v) is 8.22. The molecule has 3 N–H and O–H groups in total. The van der Waals surface area contributed by atoms with Crippen molar-refractivity contribution in [2.24, 2.45) is 10.4 Å². The summed E-state index contributed by atoms with van der Waals surface area (Å²) < 4.78 is 6.46. The summed E-state index contributed by atoms with van der Waals surface area (Å²) in [5.41, 5.74) is 0.331. The fourth-order valence-electron chi connectivity index (χ4n) is 3.46. The molecule has 1 fully saturated rings. The molecule has 2 aromatic rings. The van der Waals surface area contributed by atoms with Gasteiger partial charge in [-0.1, -0.05) is 24.6 Å².